The van der Waals surface area contributed by atoms with Crippen LogP contribution in [0.5, 0.6) is 0 Å². The summed E-state index contributed by atoms with van der Waals surface area (Å²) in [5.41, 5.74) is -0.0830. The first-order valence-corrected chi connectivity index (χ1v) is 6.16. The Bertz CT molecular complexity index is 432. The van der Waals surface area contributed by atoms with Gasteiger partial charge in [-0.25, -0.2) is 4.79 Å². The smallest absolute Gasteiger partial charge is 0.407 e. The van der Waals surface area contributed by atoms with Crippen LogP contribution in [-0.2, 0) is 16.1 Å². The van der Waals surface area contributed by atoms with Gasteiger partial charge in [-0.1, -0.05) is 37.3 Å². The molecule has 0 spiro atoms. The molecule has 0 fully saturated rings. The van der Waals surface area contributed by atoms with Crippen LogP contribution in [0.25, 0.3) is 0 Å². The Labute approximate surface area is 112 Å². The van der Waals surface area contributed by atoms with E-state index >= 15 is 0 Å². The van der Waals surface area contributed by atoms with E-state index in [0.29, 0.717) is 6.42 Å². The van der Waals surface area contributed by atoms with Gasteiger partial charge in [0.15, 0.2) is 0 Å². The number of carbonyl (C=O) groups is 2. The number of hydrogen-bond donors (Lipinski definition) is 2. The van der Waals surface area contributed by atoms with Crippen molar-refractivity contribution in [3.8, 4) is 0 Å². The lowest BCUT2D eigenvalue weighted by Gasteiger charge is -2.22. The topological polar surface area (TPSA) is 75.6 Å². The molecule has 1 rings (SSSR count). The molecule has 5 nitrogen and oxygen atoms in total. The molecule has 5 heteroatoms. The van der Waals surface area contributed by atoms with E-state index in [2.05, 4.69) is 5.32 Å². The van der Waals surface area contributed by atoms with Gasteiger partial charge >= 0.3 is 12.1 Å². The Balaban J connectivity index is 2.38. The number of ether oxygens (including phenoxy) is 1. The first-order valence-electron chi connectivity index (χ1n) is 6.16. The van der Waals surface area contributed by atoms with Gasteiger partial charge in [-0.2, -0.15) is 0 Å². The molecule has 0 aliphatic heterocycles. The Morgan fingerprint density at radius 3 is 2.47 bits per heavy atom. The molecule has 0 bridgehead atoms. The molecule has 0 aromatic heterocycles. The van der Waals surface area contributed by atoms with Crippen LogP contribution in [0.2, 0.25) is 0 Å². The van der Waals surface area contributed by atoms with E-state index in [1.807, 2.05) is 30.3 Å². The van der Waals surface area contributed by atoms with Crippen molar-refractivity contribution in [2.24, 2.45) is 5.41 Å². The van der Waals surface area contributed by atoms with Gasteiger partial charge < -0.3 is 15.2 Å². The molecule has 0 heterocycles. The number of amides is 1. The third-order valence-corrected chi connectivity index (χ3v) is 3.13. The third kappa shape index (κ3) is 4.62. The normalized spacial score (nSPS) is 13.4. The number of aliphatic carboxylic acids is 1. The zero-order chi connectivity index (χ0) is 14.3. The molecule has 1 aromatic carbocycles. The lowest BCUT2D eigenvalue weighted by atomic mass is 9.88. The zero-order valence-corrected chi connectivity index (χ0v) is 11.2. The van der Waals surface area contributed by atoms with E-state index in [9.17, 15) is 9.59 Å². The largest absolute Gasteiger partial charge is 0.481 e. The predicted molar refractivity (Wildman–Crippen MR) is 70.7 cm³/mol. The summed E-state index contributed by atoms with van der Waals surface area (Å²) < 4.78 is 5.00. The molecule has 19 heavy (non-hydrogen) atoms. The molecule has 0 radical (unpaired) electrons. The van der Waals surface area contributed by atoms with Crippen molar-refractivity contribution in [3.63, 3.8) is 0 Å². The number of carbonyl (C=O) groups excluding carboxylic acids is 1. The van der Waals surface area contributed by atoms with Crippen LogP contribution in [0, 0.1) is 5.41 Å². The minimum Gasteiger partial charge on any atom is -0.481 e. The molecular formula is C14H19NO4. The molecule has 0 aliphatic carbocycles. The second kappa shape index (κ2) is 6.78. The summed E-state index contributed by atoms with van der Waals surface area (Å²) in [6, 6.07) is 9.29. The maximum absolute atomic E-state index is 11.5. The lowest BCUT2D eigenvalue weighted by molar-refractivity contribution is -0.147. The average Bonchev–Trinajstić information content (AvgIpc) is 2.43. The summed E-state index contributed by atoms with van der Waals surface area (Å²) in [5.74, 6) is -0.932. The number of hydrogen-bond acceptors (Lipinski definition) is 3. The van der Waals surface area contributed by atoms with Gasteiger partial charge in [0.1, 0.15) is 6.61 Å². The Kier molecular flexibility index (Phi) is 5.36. The van der Waals surface area contributed by atoms with Gasteiger partial charge in [0.2, 0.25) is 0 Å². The Morgan fingerprint density at radius 2 is 1.95 bits per heavy atom. The minimum absolute atomic E-state index is 0.0481. The van der Waals surface area contributed by atoms with Gasteiger partial charge in [0.05, 0.1) is 5.41 Å². The molecule has 0 saturated heterocycles. The van der Waals surface area contributed by atoms with Crippen LogP contribution >= 0.6 is 0 Å². The fraction of sp³-hybridized carbons (Fsp3) is 0.429. The number of rotatable bonds is 6. The van der Waals surface area contributed by atoms with Crippen LogP contribution in [-0.4, -0.2) is 23.7 Å². The summed E-state index contributed by atoms with van der Waals surface area (Å²) >= 11 is 0. The quantitative estimate of drug-likeness (QED) is 0.828. The van der Waals surface area contributed by atoms with Crippen molar-refractivity contribution in [2.45, 2.75) is 26.9 Å². The molecule has 1 atom stereocenters. The highest BCUT2D eigenvalue weighted by Gasteiger charge is 2.31. The number of alkyl carbamates (subject to hydrolysis) is 1. The molecule has 2 N–H and O–H groups in total. The second-order valence-electron chi connectivity index (χ2n) is 4.63. The predicted octanol–water partition coefficient (Wildman–Crippen LogP) is 2.41. The van der Waals surface area contributed by atoms with Crippen molar-refractivity contribution in [1.29, 1.82) is 0 Å². The SMILES string of the molecule is CCC(C)(CNC(=O)OCc1ccccc1)C(=O)O. The van der Waals surface area contributed by atoms with E-state index < -0.39 is 17.5 Å². The van der Waals surface area contributed by atoms with Crippen molar-refractivity contribution in [2.75, 3.05) is 6.54 Å². The highest BCUT2D eigenvalue weighted by atomic mass is 16.5. The first-order chi connectivity index (χ1) is 8.98. The van der Waals surface area contributed by atoms with Gasteiger partial charge in [-0.15, -0.1) is 0 Å². The maximum Gasteiger partial charge on any atom is 0.407 e. The Hall–Kier alpha value is -2.04. The zero-order valence-electron chi connectivity index (χ0n) is 11.2. The van der Waals surface area contributed by atoms with E-state index in [1.165, 1.54) is 0 Å². The highest BCUT2D eigenvalue weighted by molar-refractivity contribution is 5.75. The molecule has 0 saturated carbocycles. The highest BCUT2D eigenvalue weighted by Crippen LogP contribution is 2.19. The summed E-state index contributed by atoms with van der Waals surface area (Å²) in [6.45, 7) is 3.58. The van der Waals surface area contributed by atoms with E-state index in [4.69, 9.17) is 9.84 Å². The number of benzene rings is 1. The van der Waals surface area contributed by atoms with Crippen molar-refractivity contribution in [3.05, 3.63) is 35.9 Å². The second-order valence-corrected chi connectivity index (χ2v) is 4.63. The molecular weight excluding hydrogens is 246 g/mol. The Morgan fingerprint density at radius 1 is 1.32 bits per heavy atom. The summed E-state index contributed by atoms with van der Waals surface area (Å²) in [4.78, 5) is 22.5. The molecule has 0 aliphatic rings. The van der Waals surface area contributed by atoms with Gasteiger partial charge in [0.25, 0.3) is 0 Å². The first kappa shape index (κ1) is 15.0. The van der Waals surface area contributed by atoms with E-state index in [0.717, 1.165) is 5.56 Å². The fourth-order valence-corrected chi connectivity index (χ4v) is 1.39. The molecule has 104 valence electrons. The van der Waals surface area contributed by atoms with Crippen molar-refractivity contribution >= 4 is 12.1 Å². The summed E-state index contributed by atoms with van der Waals surface area (Å²) in [5, 5.41) is 11.5. The number of carboxylic acid groups (broad SMARTS) is 1. The average molecular weight is 265 g/mol. The van der Waals surface area contributed by atoms with Crippen LogP contribution in [0.15, 0.2) is 30.3 Å². The van der Waals surface area contributed by atoms with Crippen LogP contribution in [0.3, 0.4) is 0 Å². The van der Waals surface area contributed by atoms with Crippen LogP contribution < -0.4 is 5.32 Å². The van der Waals surface area contributed by atoms with Crippen molar-refractivity contribution in [1.82, 2.24) is 5.32 Å². The number of carboxylic acids is 1. The minimum atomic E-state index is -0.967. The van der Waals surface area contributed by atoms with Gasteiger partial charge in [-0.3, -0.25) is 4.79 Å². The monoisotopic (exact) mass is 265 g/mol. The molecule has 1 aromatic rings. The summed E-state index contributed by atoms with van der Waals surface area (Å²) in [7, 11) is 0. The number of nitrogens with one attached hydrogen (secondary N) is 1. The molecule has 1 amide bonds. The molecule has 1 unspecified atom stereocenters. The van der Waals surface area contributed by atoms with E-state index in [1.54, 1.807) is 13.8 Å². The third-order valence-electron chi connectivity index (χ3n) is 3.13. The maximum atomic E-state index is 11.5. The lowest BCUT2D eigenvalue weighted by Crippen LogP contribution is -2.40. The fourth-order valence-electron chi connectivity index (χ4n) is 1.39. The van der Waals surface area contributed by atoms with Crippen molar-refractivity contribution < 1.29 is 19.4 Å². The van der Waals surface area contributed by atoms with Gasteiger partial charge in [0, 0.05) is 6.54 Å². The van der Waals surface area contributed by atoms with Crippen LogP contribution in [0.4, 0.5) is 4.79 Å². The van der Waals surface area contributed by atoms with Crippen LogP contribution in [0.1, 0.15) is 25.8 Å². The standard InChI is InChI=1S/C14H19NO4/c1-3-14(2,12(16)17)10-15-13(18)19-9-11-7-5-4-6-8-11/h4-8H,3,9-10H2,1-2H3,(H,15,18)(H,16,17). The van der Waals surface area contributed by atoms with E-state index in [-0.39, 0.29) is 13.2 Å². The van der Waals surface area contributed by atoms with Gasteiger partial charge in [-0.05, 0) is 18.9 Å². The summed E-state index contributed by atoms with van der Waals surface area (Å²) in [6.07, 6.45) is -0.175.